The first kappa shape index (κ1) is 32.5. The number of anilines is 1. The van der Waals surface area contributed by atoms with Crippen LogP contribution in [0.5, 0.6) is 5.75 Å². The van der Waals surface area contributed by atoms with Gasteiger partial charge >= 0.3 is 0 Å². The number of unbranched alkanes of at least 4 members (excludes halogenated alkanes) is 1. The van der Waals surface area contributed by atoms with Crippen LogP contribution >= 0.6 is 11.6 Å². The molecule has 0 aromatic heterocycles. The molecule has 3 aromatic rings. The second-order valence-electron chi connectivity index (χ2n) is 11.7. The Balaban J connectivity index is 1.13. The van der Waals surface area contributed by atoms with Gasteiger partial charge in [0.1, 0.15) is 12.4 Å². The van der Waals surface area contributed by atoms with E-state index in [9.17, 15) is 9.59 Å². The molecule has 0 bridgehead atoms. The number of nitrogens with one attached hydrogen (secondary N) is 2. The van der Waals surface area contributed by atoms with Gasteiger partial charge in [0.15, 0.2) is 0 Å². The molecule has 0 spiro atoms. The molecule has 0 atom stereocenters. The molecule has 0 unspecified atom stereocenters. The molecule has 1 saturated heterocycles. The Morgan fingerprint density at radius 2 is 1.56 bits per heavy atom. The van der Waals surface area contributed by atoms with E-state index < -0.39 is 0 Å². The molecule has 4 rings (SSSR count). The van der Waals surface area contributed by atoms with E-state index in [1.165, 1.54) is 29.5 Å². The number of benzene rings is 3. The van der Waals surface area contributed by atoms with Crippen LogP contribution in [0.3, 0.4) is 0 Å². The van der Waals surface area contributed by atoms with Crippen LogP contribution in [-0.2, 0) is 0 Å². The first-order valence-electron chi connectivity index (χ1n) is 15.3. The minimum atomic E-state index is -0.223. The number of halogens is 1. The molecule has 3 aromatic carbocycles. The fourth-order valence-electron chi connectivity index (χ4n) is 5.49. The highest BCUT2D eigenvalue weighted by molar-refractivity contribution is 6.30. The topological polar surface area (TPSA) is 73.9 Å². The highest BCUT2D eigenvalue weighted by atomic mass is 35.5. The normalized spacial score (nSPS) is 14.1. The molecule has 1 aliphatic heterocycles. The van der Waals surface area contributed by atoms with Crippen molar-refractivity contribution in [1.82, 2.24) is 15.1 Å². The van der Waals surface area contributed by atoms with Crippen molar-refractivity contribution in [2.45, 2.75) is 45.4 Å². The highest BCUT2D eigenvalue weighted by Crippen LogP contribution is 2.34. The summed E-state index contributed by atoms with van der Waals surface area (Å²) < 4.78 is 6.03. The Morgan fingerprint density at radius 1 is 0.907 bits per heavy atom. The summed E-state index contributed by atoms with van der Waals surface area (Å²) >= 11 is 5.89. The largest absolute Gasteiger partial charge is 0.492 e. The third-order valence-electron chi connectivity index (χ3n) is 8.09. The average molecular weight is 605 g/mol. The Morgan fingerprint density at radius 3 is 2.23 bits per heavy atom. The number of amides is 2. The molecule has 2 N–H and O–H groups in total. The van der Waals surface area contributed by atoms with Crippen LogP contribution in [0, 0.1) is 13.8 Å². The molecule has 1 fully saturated rings. The van der Waals surface area contributed by atoms with Gasteiger partial charge in [-0.15, -0.1) is 0 Å². The number of carbonyl (C=O) groups is 2. The van der Waals surface area contributed by atoms with Crippen molar-refractivity contribution >= 4 is 29.1 Å². The molecule has 0 radical (unpaired) electrons. The van der Waals surface area contributed by atoms with Crippen molar-refractivity contribution in [2.24, 2.45) is 0 Å². The maximum atomic E-state index is 12.6. The summed E-state index contributed by atoms with van der Waals surface area (Å²) in [7, 11) is 4.12. The first-order chi connectivity index (χ1) is 20.7. The lowest BCUT2D eigenvalue weighted by molar-refractivity contribution is 0.0951. The standard InChI is InChI=1S/C35H45ClN4O3/c1-25-24-33(43-22-21-39(3)4)26(2)23-32(25)27-15-19-40(20-16-27)18-6-5-17-37-34(41)28-9-13-31(14-10-28)38-35(42)29-7-11-30(36)12-8-29/h7-14,23-24,27H,5-6,15-22H2,1-4H3,(H,37,41)(H,38,42). The summed E-state index contributed by atoms with van der Waals surface area (Å²) in [5.74, 6) is 1.28. The van der Waals surface area contributed by atoms with Crippen LogP contribution in [-0.4, -0.2) is 75.0 Å². The number of piperidine rings is 1. The number of rotatable bonds is 13. The summed E-state index contributed by atoms with van der Waals surface area (Å²) in [6.45, 7) is 9.90. The minimum Gasteiger partial charge on any atom is -0.492 e. The zero-order valence-electron chi connectivity index (χ0n) is 25.9. The number of ether oxygens (including phenoxy) is 1. The van der Waals surface area contributed by atoms with Gasteiger partial charge < -0.3 is 25.2 Å². The molecule has 2 amide bonds. The minimum absolute atomic E-state index is 0.101. The number of hydrogen-bond donors (Lipinski definition) is 2. The molecule has 1 aliphatic rings. The van der Waals surface area contributed by atoms with Gasteiger partial charge in [0.25, 0.3) is 11.8 Å². The predicted molar refractivity (Wildman–Crippen MR) is 176 cm³/mol. The van der Waals surface area contributed by atoms with E-state index >= 15 is 0 Å². The maximum Gasteiger partial charge on any atom is 0.255 e. The van der Waals surface area contributed by atoms with Crippen molar-refractivity contribution in [3.05, 3.63) is 93.5 Å². The molecule has 7 nitrogen and oxygen atoms in total. The number of likely N-dealkylation sites (N-methyl/N-ethyl adjacent to an activating group) is 1. The van der Waals surface area contributed by atoms with Gasteiger partial charge in [-0.2, -0.15) is 0 Å². The van der Waals surface area contributed by atoms with Crippen molar-refractivity contribution in [3.8, 4) is 5.75 Å². The summed E-state index contributed by atoms with van der Waals surface area (Å²) in [6, 6.07) is 18.2. The van der Waals surface area contributed by atoms with Crippen molar-refractivity contribution in [1.29, 1.82) is 0 Å². The van der Waals surface area contributed by atoms with E-state index in [4.69, 9.17) is 16.3 Å². The molecule has 43 heavy (non-hydrogen) atoms. The predicted octanol–water partition coefficient (Wildman–Crippen LogP) is 6.54. The number of aryl methyl sites for hydroxylation is 2. The second-order valence-corrected chi connectivity index (χ2v) is 12.2. The van der Waals surface area contributed by atoms with Gasteiger partial charge in [0.05, 0.1) is 0 Å². The summed E-state index contributed by atoms with van der Waals surface area (Å²) in [6.07, 6.45) is 4.34. The summed E-state index contributed by atoms with van der Waals surface area (Å²) in [5.41, 5.74) is 5.75. The van der Waals surface area contributed by atoms with Gasteiger partial charge in [-0.3, -0.25) is 9.59 Å². The number of carbonyl (C=O) groups excluding carboxylic acids is 2. The molecular weight excluding hydrogens is 560 g/mol. The fourth-order valence-corrected chi connectivity index (χ4v) is 5.61. The van der Waals surface area contributed by atoms with Crippen LogP contribution in [0.4, 0.5) is 5.69 Å². The number of nitrogens with zero attached hydrogens (tertiary/aromatic N) is 2. The van der Waals surface area contributed by atoms with Gasteiger partial charge in [-0.05, 0) is 150 Å². The third kappa shape index (κ3) is 9.82. The van der Waals surface area contributed by atoms with Crippen LogP contribution in [0.15, 0.2) is 60.7 Å². The Labute approximate surface area is 261 Å². The van der Waals surface area contributed by atoms with Crippen LogP contribution in [0.1, 0.15) is 69.0 Å². The lowest BCUT2D eigenvalue weighted by atomic mass is 9.85. The van der Waals surface area contributed by atoms with E-state index in [0.717, 1.165) is 44.8 Å². The summed E-state index contributed by atoms with van der Waals surface area (Å²) in [4.78, 5) is 29.7. The number of likely N-dealkylation sites (tertiary alicyclic amines) is 1. The fraction of sp³-hybridized carbons (Fsp3) is 0.429. The van der Waals surface area contributed by atoms with E-state index in [0.29, 0.717) is 40.9 Å². The molecule has 1 heterocycles. The molecule has 230 valence electrons. The molecule has 0 saturated carbocycles. The smallest absolute Gasteiger partial charge is 0.255 e. The second kappa shape index (κ2) is 15.9. The van der Waals surface area contributed by atoms with Gasteiger partial charge in [0, 0.05) is 34.9 Å². The monoisotopic (exact) mass is 604 g/mol. The quantitative estimate of drug-likeness (QED) is 0.217. The van der Waals surface area contributed by atoms with Crippen LogP contribution < -0.4 is 15.4 Å². The Bertz CT molecular complexity index is 1350. The zero-order valence-corrected chi connectivity index (χ0v) is 26.7. The van der Waals surface area contributed by atoms with Crippen molar-refractivity contribution in [2.75, 3.05) is 58.7 Å². The van der Waals surface area contributed by atoms with Crippen LogP contribution in [0.2, 0.25) is 5.02 Å². The van der Waals surface area contributed by atoms with E-state index in [-0.39, 0.29) is 11.8 Å². The SMILES string of the molecule is Cc1cc(C2CCN(CCCCNC(=O)c3ccc(NC(=O)c4ccc(Cl)cc4)cc3)CC2)c(C)cc1OCCN(C)C. The lowest BCUT2D eigenvalue weighted by Crippen LogP contribution is -2.34. The van der Waals surface area contributed by atoms with Gasteiger partial charge in [-0.1, -0.05) is 17.7 Å². The third-order valence-corrected chi connectivity index (χ3v) is 8.34. The van der Waals surface area contributed by atoms with Crippen LogP contribution in [0.25, 0.3) is 0 Å². The highest BCUT2D eigenvalue weighted by Gasteiger charge is 2.22. The lowest BCUT2D eigenvalue weighted by Gasteiger charge is -2.33. The van der Waals surface area contributed by atoms with E-state index in [1.807, 2.05) is 0 Å². The van der Waals surface area contributed by atoms with Gasteiger partial charge in [-0.25, -0.2) is 0 Å². The van der Waals surface area contributed by atoms with E-state index in [1.54, 1.807) is 48.5 Å². The van der Waals surface area contributed by atoms with Crippen molar-refractivity contribution in [3.63, 3.8) is 0 Å². The molecule has 0 aliphatic carbocycles. The zero-order chi connectivity index (χ0) is 30.8. The average Bonchev–Trinajstić information content (AvgIpc) is 2.99. The van der Waals surface area contributed by atoms with Gasteiger partial charge in [0.2, 0.25) is 0 Å². The molecule has 8 heteroatoms. The van der Waals surface area contributed by atoms with E-state index in [2.05, 4.69) is 60.5 Å². The Hall–Kier alpha value is -3.39. The number of hydrogen-bond acceptors (Lipinski definition) is 5. The maximum absolute atomic E-state index is 12.6. The Kier molecular flexibility index (Phi) is 12.0. The summed E-state index contributed by atoms with van der Waals surface area (Å²) in [5, 5.41) is 6.44. The van der Waals surface area contributed by atoms with Crippen molar-refractivity contribution < 1.29 is 14.3 Å². The molecular formula is C35H45ClN4O3. The first-order valence-corrected chi connectivity index (χ1v) is 15.6.